The first-order valence-electron chi connectivity index (χ1n) is 9.83. The number of para-hydroxylation sites is 2. The van der Waals surface area contributed by atoms with Crippen LogP contribution in [0.5, 0.6) is 0 Å². The van der Waals surface area contributed by atoms with Crippen molar-refractivity contribution in [2.75, 3.05) is 23.8 Å². The summed E-state index contributed by atoms with van der Waals surface area (Å²) in [5, 5.41) is 2.90. The molecule has 0 saturated heterocycles. The van der Waals surface area contributed by atoms with Gasteiger partial charge in [0, 0.05) is 19.0 Å². The highest BCUT2D eigenvalue weighted by atomic mass is 16.2. The van der Waals surface area contributed by atoms with Gasteiger partial charge in [0.1, 0.15) is 0 Å². The summed E-state index contributed by atoms with van der Waals surface area (Å²) in [4.78, 5) is 29.0. The smallest absolute Gasteiger partial charge is 0.241 e. The number of anilines is 2. The SMILES string of the molecule is CC(C)c1ccc(CN(C)CC(=O)N2c3ccccc3NC(=O)C[C@H]2C)cc1. The average Bonchev–Trinajstić information content (AvgIpc) is 2.76. The van der Waals surface area contributed by atoms with Crippen LogP contribution in [0.1, 0.15) is 44.2 Å². The fraction of sp³-hybridized carbons (Fsp3) is 0.391. The Balaban J connectivity index is 1.71. The summed E-state index contributed by atoms with van der Waals surface area (Å²) in [7, 11) is 1.95. The van der Waals surface area contributed by atoms with Crippen LogP contribution in [-0.2, 0) is 16.1 Å². The van der Waals surface area contributed by atoms with E-state index in [1.54, 1.807) is 4.90 Å². The normalized spacial score (nSPS) is 16.7. The zero-order valence-corrected chi connectivity index (χ0v) is 17.1. The highest BCUT2D eigenvalue weighted by Gasteiger charge is 2.29. The number of carbonyl (C=O) groups is 2. The van der Waals surface area contributed by atoms with Gasteiger partial charge in [0.2, 0.25) is 11.8 Å². The molecule has 0 spiro atoms. The van der Waals surface area contributed by atoms with Gasteiger partial charge in [0.25, 0.3) is 0 Å². The van der Waals surface area contributed by atoms with Gasteiger partial charge in [0.05, 0.1) is 17.9 Å². The predicted molar refractivity (Wildman–Crippen MR) is 114 cm³/mol. The first-order chi connectivity index (χ1) is 13.3. The standard InChI is InChI=1S/C23H29N3O2/c1-16(2)19-11-9-18(10-12-19)14-25(4)15-23(28)26-17(3)13-22(27)24-20-7-5-6-8-21(20)26/h5-12,16-17H,13-15H2,1-4H3,(H,24,27)/t17-/m1/s1. The third kappa shape index (κ3) is 4.60. The lowest BCUT2D eigenvalue weighted by Gasteiger charge is -2.29. The maximum atomic E-state index is 13.1. The summed E-state index contributed by atoms with van der Waals surface area (Å²) in [5.41, 5.74) is 3.95. The van der Waals surface area contributed by atoms with Gasteiger partial charge in [0.15, 0.2) is 0 Å². The van der Waals surface area contributed by atoms with E-state index >= 15 is 0 Å². The topological polar surface area (TPSA) is 52.7 Å². The monoisotopic (exact) mass is 379 g/mol. The van der Waals surface area contributed by atoms with E-state index in [0.717, 1.165) is 5.69 Å². The third-order valence-electron chi connectivity index (χ3n) is 5.13. The second-order valence-electron chi connectivity index (χ2n) is 7.95. The van der Waals surface area contributed by atoms with Crippen LogP contribution >= 0.6 is 0 Å². The van der Waals surface area contributed by atoms with Gasteiger partial charge >= 0.3 is 0 Å². The molecule has 0 aliphatic carbocycles. The van der Waals surface area contributed by atoms with Crippen LogP contribution in [0.3, 0.4) is 0 Å². The minimum atomic E-state index is -0.185. The Hall–Kier alpha value is -2.66. The molecule has 0 saturated carbocycles. The summed E-state index contributed by atoms with van der Waals surface area (Å²) in [6, 6.07) is 15.9. The minimum absolute atomic E-state index is 0.00208. The quantitative estimate of drug-likeness (QED) is 0.854. The van der Waals surface area contributed by atoms with Crippen LogP contribution in [0, 0.1) is 0 Å². The summed E-state index contributed by atoms with van der Waals surface area (Å²) in [5.74, 6) is 0.445. The molecule has 5 heteroatoms. The fourth-order valence-corrected chi connectivity index (χ4v) is 3.65. The number of fused-ring (bicyclic) bond motifs is 1. The van der Waals surface area contributed by atoms with E-state index in [1.165, 1.54) is 11.1 Å². The van der Waals surface area contributed by atoms with Gasteiger partial charge in [-0.3, -0.25) is 14.5 Å². The van der Waals surface area contributed by atoms with Crippen LogP contribution < -0.4 is 10.2 Å². The van der Waals surface area contributed by atoms with Gasteiger partial charge < -0.3 is 10.2 Å². The van der Waals surface area contributed by atoms with Crippen LogP contribution in [0.25, 0.3) is 0 Å². The molecule has 0 unspecified atom stereocenters. The first kappa shape index (κ1) is 20.1. The molecule has 0 bridgehead atoms. The molecule has 0 aromatic heterocycles. The Labute approximate surface area is 167 Å². The number of carbonyl (C=O) groups excluding carboxylic acids is 2. The number of nitrogens with zero attached hydrogens (tertiary/aromatic N) is 2. The molecule has 2 aromatic rings. The van der Waals surface area contributed by atoms with Crippen LogP contribution in [0.4, 0.5) is 11.4 Å². The molecular weight excluding hydrogens is 350 g/mol. The van der Waals surface area contributed by atoms with E-state index in [9.17, 15) is 9.59 Å². The summed E-state index contributed by atoms with van der Waals surface area (Å²) >= 11 is 0. The molecule has 1 heterocycles. The second kappa shape index (κ2) is 8.57. The van der Waals surface area contributed by atoms with Crippen LogP contribution in [0.15, 0.2) is 48.5 Å². The molecule has 1 aliphatic heterocycles. The minimum Gasteiger partial charge on any atom is -0.324 e. The maximum absolute atomic E-state index is 13.1. The van der Waals surface area contributed by atoms with Crippen molar-refractivity contribution in [1.82, 2.24) is 4.90 Å². The third-order valence-corrected chi connectivity index (χ3v) is 5.13. The number of amides is 2. The first-order valence-corrected chi connectivity index (χ1v) is 9.83. The molecule has 148 valence electrons. The van der Waals surface area contributed by atoms with Crippen molar-refractivity contribution in [1.29, 1.82) is 0 Å². The van der Waals surface area contributed by atoms with Gasteiger partial charge in [-0.05, 0) is 43.1 Å². The molecule has 0 radical (unpaired) electrons. The van der Waals surface area contributed by atoms with E-state index in [2.05, 4.69) is 43.4 Å². The van der Waals surface area contributed by atoms with Crippen molar-refractivity contribution < 1.29 is 9.59 Å². The summed E-state index contributed by atoms with van der Waals surface area (Å²) < 4.78 is 0. The lowest BCUT2D eigenvalue weighted by molar-refractivity contribution is -0.120. The van der Waals surface area contributed by atoms with Gasteiger partial charge in [-0.1, -0.05) is 50.2 Å². The molecule has 1 aliphatic rings. The number of hydrogen-bond donors (Lipinski definition) is 1. The fourth-order valence-electron chi connectivity index (χ4n) is 3.65. The van der Waals surface area contributed by atoms with Crippen LogP contribution in [0.2, 0.25) is 0 Å². The lowest BCUT2D eigenvalue weighted by atomic mass is 10.0. The van der Waals surface area contributed by atoms with Gasteiger partial charge in [-0.25, -0.2) is 0 Å². The number of benzene rings is 2. The van der Waals surface area contributed by atoms with Crippen molar-refractivity contribution in [3.8, 4) is 0 Å². The molecule has 5 nitrogen and oxygen atoms in total. The summed E-state index contributed by atoms with van der Waals surface area (Å²) in [6.07, 6.45) is 0.292. The number of hydrogen-bond acceptors (Lipinski definition) is 3. The molecule has 28 heavy (non-hydrogen) atoms. The van der Waals surface area contributed by atoms with Gasteiger partial charge in [-0.2, -0.15) is 0 Å². The van der Waals surface area contributed by atoms with E-state index in [-0.39, 0.29) is 17.9 Å². The van der Waals surface area contributed by atoms with E-state index in [4.69, 9.17) is 0 Å². The van der Waals surface area contributed by atoms with Crippen molar-refractivity contribution in [3.05, 3.63) is 59.7 Å². The Morgan fingerprint density at radius 2 is 1.86 bits per heavy atom. The van der Waals surface area contributed by atoms with E-state index in [1.807, 2.05) is 43.1 Å². The Kier molecular flexibility index (Phi) is 6.15. The zero-order valence-electron chi connectivity index (χ0n) is 17.1. The van der Waals surface area contributed by atoms with Crippen molar-refractivity contribution >= 4 is 23.2 Å². The highest BCUT2D eigenvalue weighted by molar-refractivity contribution is 6.04. The number of nitrogens with one attached hydrogen (secondary N) is 1. The Morgan fingerprint density at radius 3 is 2.54 bits per heavy atom. The summed E-state index contributed by atoms with van der Waals surface area (Å²) in [6.45, 7) is 7.27. The predicted octanol–water partition coefficient (Wildman–Crippen LogP) is 4.01. The largest absolute Gasteiger partial charge is 0.324 e. The zero-order chi connectivity index (χ0) is 20.3. The van der Waals surface area contributed by atoms with E-state index in [0.29, 0.717) is 31.1 Å². The Morgan fingerprint density at radius 1 is 1.18 bits per heavy atom. The molecule has 1 atom stereocenters. The maximum Gasteiger partial charge on any atom is 0.241 e. The molecule has 3 rings (SSSR count). The number of rotatable bonds is 5. The molecular formula is C23H29N3O2. The van der Waals surface area contributed by atoms with Crippen molar-refractivity contribution in [2.24, 2.45) is 0 Å². The molecule has 0 fully saturated rings. The lowest BCUT2D eigenvalue weighted by Crippen LogP contribution is -2.44. The van der Waals surface area contributed by atoms with Crippen molar-refractivity contribution in [2.45, 2.75) is 45.7 Å². The highest BCUT2D eigenvalue weighted by Crippen LogP contribution is 2.31. The van der Waals surface area contributed by atoms with E-state index < -0.39 is 0 Å². The molecule has 1 N–H and O–H groups in total. The second-order valence-corrected chi connectivity index (χ2v) is 7.95. The van der Waals surface area contributed by atoms with Gasteiger partial charge in [-0.15, -0.1) is 0 Å². The Bertz CT molecular complexity index is 845. The average molecular weight is 380 g/mol. The van der Waals surface area contributed by atoms with Crippen molar-refractivity contribution in [3.63, 3.8) is 0 Å². The van der Waals surface area contributed by atoms with Crippen LogP contribution in [-0.4, -0.2) is 36.3 Å². The number of likely N-dealkylation sites (N-methyl/N-ethyl adjacent to an activating group) is 1. The molecule has 2 amide bonds. The molecule has 2 aromatic carbocycles.